The molecule has 0 fully saturated rings. The fourth-order valence-electron chi connectivity index (χ4n) is 2.11. The van der Waals surface area contributed by atoms with Gasteiger partial charge < -0.3 is 20.9 Å². The summed E-state index contributed by atoms with van der Waals surface area (Å²) in [7, 11) is -4.24. The van der Waals surface area contributed by atoms with E-state index < -0.39 is 20.9 Å². The lowest BCUT2D eigenvalue weighted by Crippen LogP contribution is -2.16. The van der Waals surface area contributed by atoms with Crippen molar-refractivity contribution in [3.05, 3.63) is 54.1 Å². The minimum Gasteiger partial charge on any atom is -0.478 e. The van der Waals surface area contributed by atoms with E-state index in [1.807, 2.05) is 6.92 Å². The Bertz CT molecular complexity index is 938. The molecule has 6 N–H and O–H groups in total. The lowest BCUT2D eigenvalue weighted by atomic mass is 10.1. The van der Waals surface area contributed by atoms with Gasteiger partial charge in [0.25, 0.3) is 0 Å². The number of hydrogen-bond acceptors (Lipinski definition) is 6. The van der Waals surface area contributed by atoms with Gasteiger partial charge in [0, 0.05) is 12.2 Å². The summed E-state index contributed by atoms with van der Waals surface area (Å²) >= 11 is 0. The van der Waals surface area contributed by atoms with Crippen molar-refractivity contribution >= 4 is 27.4 Å². The first kappa shape index (κ1) is 19.3. The van der Waals surface area contributed by atoms with Crippen LogP contribution in [0.15, 0.2) is 53.4 Å². The lowest BCUT2D eigenvalue weighted by Gasteiger charge is -2.16. The van der Waals surface area contributed by atoms with Crippen LogP contribution in [-0.4, -0.2) is 26.0 Å². The highest BCUT2D eigenvalue weighted by molar-refractivity contribution is 7.89. The Kier molecular flexibility index (Phi) is 5.86. The molecule has 138 valence electrons. The summed E-state index contributed by atoms with van der Waals surface area (Å²) in [5, 5.41) is 17.4. The van der Waals surface area contributed by atoms with Crippen LogP contribution in [0.2, 0.25) is 0 Å². The maximum atomic E-state index is 12.0. The lowest BCUT2D eigenvalue weighted by molar-refractivity contribution is 0.0696. The zero-order valence-corrected chi connectivity index (χ0v) is 14.8. The Balaban J connectivity index is 2.62. The van der Waals surface area contributed by atoms with E-state index in [1.54, 1.807) is 36.4 Å². The van der Waals surface area contributed by atoms with E-state index >= 15 is 0 Å². The third-order valence-electron chi connectivity index (χ3n) is 3.35. The number of allylic oxidation sites excluding steroid dienone is 1. The van der Waals surface area contributed by atoms with Crippen molar-refractivity contribution in [2.75, 3.05) is 17.6 Å². The van der Waals surface area contributed by atoms with Crippen LogP contribution in [0, 0.1) is 0 Å². The molecule has 2 aromatic rings. The normalized spacial score (nSPS) is 11.5. The van der Waals surface area contributed by atoms with Gasteiger partial charge in [0.05, 0.1) is 11.3 Å². The van der Waals surface area contributed by atoms with Gasteiger partial charge in [-0.05, 0) is 43.3 Å². The average Bonchev–Trinajstić information content (AvgIpc) is 2.57. The number of benzene rings is 2. The van der Waals surface area contributed by atoms with Gasteiger partial charge >= 0.3 is 5.97 Å². The zero-order chi connectivity index (χ0) is 19.3. The molecule has 8 nitrogen and oxygen atoms in total. The van der Waals surface area contributed by atoms with E-state index in [4.69, 9.17) is 15.6 Å². The van der Waals surface area contributed by atoms with Gasteiger partial charge in [-0.1, -0.05) is 12.2 Å². The Morgan fingerprint density at radius 3 is 2.46 bits per heavy atom. The number of nitrogens with two attached hydrogens (primary N) is 2. The number of aromatic carboxylic acids is 1. The van der Waals surface area contributed by atoms with Crippen LogP contribution in [-0.2, 0) is 10.0 Å². The topological polar surface area (TPSA) is 145 Å². The van der Waals surface area contributed by atoms with Gasteiger partial charge in [-0.2, -0.15) is 0 Å². The predicted octanol–water partition coefficient (Wildman–Crippen LogP) is 2.39. The molecule has 0 aliphatic heterocycles. The number of primary sulfonamides is 1. The van der Waals surface area contributed by atoms with E-state index in [9.17, 15) is 18.3 Å². The molecule has 0 saturated carbocycles. The largest absolute Gasteiger partial charge is 0.478 e. The third kappa shape index (κ3) is 4.74. The number of nitrogens with one attached hydrogen (secondary N) is 1. The first-order valence-electron chi connectivity index (χ1n) is 7.55. The quantitative estimate of drug-likeness (QED) is 0.428. The Morgan fingerprint density at radius 1 is 1.27 bits per heavy atom. The van der Waals surface area contributed by atoms with Gasteiger partial charge in [0.1, 0.15) is 10.6 Å². The maximum Gasteiger partial charge on any atom is 0.335 e. The number of carbonyl (C=O) groups is 1. The van der Waals surface area contributed by atoms with Gasteiger partial charge in [-0.3, -0.25) is 0 Å². The molecule has 0 radical (unpaired) electrons. The van der Waals surface area contributed by atoms with Crippen molar-refractivity contribution in [3.63, 3.8) is 0 Å². The molecular formula is C17H19N3O5S. The average molecular weight is 377 g/mol. The molecule has 26 heavy (non-hydrogen) atoms. The van der Waals surface area contributed by atoms with Crippen LogP contribution in [0.4, 0.5) is 11.4 Å². The molecule has 0 unspecified atom stereocenters. The predicted molar refractivity (Wildman–Crippen MR) is 99.0 cm³/mol. The highest BCUT2D eigenvalue weighted by atomic mass is 32.2. The minimum atomic E-state index is -4.24. The van der Waals surface area contributed by atoms with Gasteiger partial charge in [-0.15, -0.1) is 0 Å². The molecule has 2 aromatic carbocycles. The van der Waals surface area contributed by atoms with Crippen molar-refractivity contribution in [2.24, 2.45) is 5.14 Å². The van der Waals surface area contributed by atoms with Crippen LogP contribution in [0.5, 0.6) is 11.5 Å². The zero-order valence-electron chi connectivity index (χ0n) is 14.0. The monoisotopic (exact) mass is 377 g/mol. The Hall–Kier alpha value is -3.04. The third-order valence-corrected chi connectivity index (χ3v) is 4.27. The molecule has 0 spiro atoms. The highest BCUT2D eigenvalue weighted by Crippen LogP contribution is 2.37. The summed E-state index contributed by atoms with van der Waals surface area (Å²) in [6, 6.07) is 8.54. The molecule has 0 bridgehead atoms. The smallest absolute Gasteiger partial charge is 0.335 e. The minimum absolute atomic E-state index is 0.0909. The number of carboxylic acids is 1. The second-order valence-corrected chi connectivity index (χ2v) is 6.85. The van der Waals surface area contributed by atoms with E-state index in [0.29, 0.717) is 18.0 Å². The first-order valence-corrected chi connectivity index (χ1v) is 9.09. The standard InChI is InChI=1S/C17H19N3O5S/c1-2-3-8-20-14-9-11(17(21)22)10-15(26(19,23)24)16(14)25-13-6-4-12(18)5-7-13/h2-7,9-10,20H,8,18H2,1H3,(H,21,22)(H2,19,23,24)/b3-2+. The van der Waals surface area contributed by atoms with E-state index in [-0.39, 0.29) is 17.0 Å². The number of nitrogen functional groups attached to an aromatic ring is 1. The van der Waals surface area contributed by atoms with Crippen LogP contribution >= 0.6 is 0 Å². The maximum absolute atomic E-state index is 12.0. The Labute approximate surface area is 151 Å². The molecular weight excluding hydrogens is 358 g/mol. The van der Waals surface area contributed by atoms with Crippen molar-refractivity contribution in [2.45, 2.75) is 11.8 Å². The molecule has 2 rings (SSSR count). The van der Waals surface area contributed by atoms with Crippen molar-refractivity contribution in [3.8, 4) is 11.5 Å². The molecule has 0 saturated heterocycles. The van der Waals surface area contributed by atoms with Gasteiger partial charge in [0.15, 0.2) is 5.75 Å². The summed E-state index contributed by atoms with van der Waals surface area (Å²) in [5.41, 5.74) is 6.09. The van der Waals surface area contributed by atoms with Crippen molar-refractivity contribution < 1.29 is 23.1 Å². The summed E-state index contributed by atoms with van der Waals surface area (Å²) in [6.07, 6.45) is 3.56. The molecule has 0 atom stereocenters. The fraction of sp³-hybridized carbons (Fsp3) is 0.118. The number of ether oxygens (including phenoxy) is 1. The van der Waals surface area contributed by atoms with Gasteiger partial charge in [0.2, 0.25) is 10.0 Å². The summed E-state index contributed by atoms with van der Waals surface area (Å²) in [5.74, 6) is -1.06. The Morgan fingerprint density at radius 2 is 1.92 bits per heavy atom. The summed E-state index contributed by atoms with van der Waals surface area (Å²) < 4.78 is 29.7. The van der Waals surface area contributed by atoms with Crippen LogP contribution in [0.3, 0.4) is 0 Å². The number of carboxylic acid groups (broad SMARTS) is 1. The SMILES string of the molecule is C/C=C/CNc1cc(C(=O)O)cc(S(N)(=O)=O)c1Oc1ccc(N)cc1. The second-order valence-electron chi connectivity index (χ2n) is 5.32. The number of sulfonamides is 1. The van der Waals surface area contributed by atoms with Crippen molar-refractivity contribution in [1.82, 2.24) is 0 Å². The number of hydrogen-bond donors (Lipinski definition) is 4. The number of anilines is 2. The van der Waals surface area contributed by atoms with Crippen LogP contribution in [0.1, 0.15) is 17.3 Å². The van der Waals surface area contributed by atoms with E-state index in [0.717, 1.165) is 6.07 Å². The summed E-state index contributed by atoms with van der Waals surface area (Å²) in [6.45, 7) is 2.15. The van der Waals surface area contributed by atoms with E-state index in [1.165, 1.54) is 6.07 Å². The fourth-order valence-corrected chi connectivity index (χ4v) is 2.82. The molecule has 0 aliphatic carbocycles. The highest BCUT2D eigenvalue weighted by Gasteiger charge is 2.23. The number of rotatable bonds is 7. The molecule has 0 aliphatic rings. The van der Waals surface area contributed by atoms with Gasteiger partial charge in [-0.25, -0.2) is 18.4 Å². The van der Waals surface area contributed by atoms with Crippen LogP contribution < -0.4 is 20.9 Å². The second kappa shape index (κ2) is 7.89. The van der Waals surface area contributed by atoms with E-state index in [2.05, 4.69) is 5.32 Å². The molecule has 0 heterocycles. The summed E-state index contributed by atoms with van der Waals surface area (Å²) in [4.78, 5) is 10.9. The van der Waals surface area contributed by atoms with Crippen molar-refractivity contribution in [1.29, 1.82) is 0 Å². The molecule has 0 amide bonds. The molecule has 9 heteroatoms. The van der Waals surface area contributed by atoms with Crippen LogP contribution in [0.25, 0.3) is 0 Å². The first-order chi connectivity index (χ1) is 12.2. The molecule has 0 aromatic heterocycles.